The molecule has 1 heterocycles. The molecule has 2 aromatic carbocycles. The maximum Gasteiger partial charge on any atom is 0.299 e. The van der Waals surface area contributed by atoms with Crippen LogP contribution in [0.4, 0.5) is 28.4 Å². The van der Waals surface area contributed by atoms with E-state index in [1.165, 1.54) is 12.1 Å². The number of benzene rings is 2. The van der Waals surface area contributed by atoms with Crippen molar-refractivity contribution in [1.82, 2.24) is 0 Å². The first-order valence-electron chi connectivity index (χ1n) is 6.49. The van der Waals surface area contributed by atoms with Gasteiger partial charge in [0.2, 0.25) is 0 Å². The Hall–Kier alpha value is -3.16. The number of nitrogens with zero attached hydrogens (tertiary/aromatic N) is 4. The zero-order chi connectivity index (χ0) is 15.9. The number of hydrogen-bond donors (Lipinski definition) is 0. The summed E-state index contributed by atoms with van der Waals surface area (Å²) >= 11 is 0. The zero-order valence-corrected chi connectivity index (χ0v) is 11.7. The lowest BCUT2D eigenvalue weighted by molar-refractivity contribution is -0.393. The summed E-state index contributed by atoms with van der Waals surface area (Å²) in [5, 5.41) is 22.1. The van der Waals surface area contributed by atoms with Crippen molar-refractivity contribution < 1.29 is 9.85 Å². The fourth-order valence-corrected chi connectivity index (χ4v) is 2.59. The van der Waals surface area contributed by atoms with Gasteiger partial charge < -0.3 is 9.80 Å². The maximum absolute atomic E-state index is 11.3. The van der Waals surface area contributed by atoms with Gasteiger partial charge in [-0.15, -0.1) is 0 Å². The van der Waals surface area contributed by atoms with Gasteiger partial charge in [-0.2, -0.15) is 0 Å². The second kappa shape index (κ2) is 4.99. The van der Waals surface area contributed by atoms with Crippen molar-refractivity contribution in [3.8, 4) is 0 Å². The highest BCUT2D eigenvalue weighted by molar-refractivity contribution is 5.85. The largest absolute Gasteiger partial charge is 0.355 e. The smallest absolute Gasteiger partial charge is 0.299 e. The van der Waals surface area contributed by atoms with Gasteiger partial charge in [0.15, 0.2) is 0 Å². The van der Waals surface area contributed by atoms with Crippen molar-refractivity contribution in [2.45, 2.75) is 0 Å². The van der Waals surface area contributed by atoms with E-state index in [0.29, 0.717) is 12.4 Å². The second-order valence-electron chi connectivity index (χ2n) is 4.94. The van der Waals surface area contributed by atoms with Crippen molar-refractivity contribution in [1.29, 1.82) is 0 Å². The van der Waals surface area contributed by atoms with Crippen molar-refractivity contribution >= 4 is 28.4 Å². The Labute approximate surface area is 125 Å². The summed E-state index contributed by atoms with van der Waals surface area (Å²) in [6.07, 6.45) is 0. The fraction of sp³-hybridized carbons (Fsp3) is 0.143. The minimum absolute atomic E-state index is 0.278. The van der Waals surface area contributed by atoms with Crippen LogP contribution in [0.15, 0.2) is 42.5 Å². The quantitative estimate of drug-likeness (QED) is 0.639. The predicted molar refractivity (Wildman–Crippen MR) is 81.6 cm³/mol. The lowest BCUT2D eigenvalue weighted by Gasteiger charge is -2.19. The van der Waals surface area contributed by atoms with Gasteiger partial charge in [-0.25, -0.2) is 0 Å². The summed E-state index contributed by atoms with van der Waals surface area (Å²) in [4.78, 5) is 24.6. The van der Waals surface area contributed by atoms with Crippen LogP contribution in [0.3, 0.4) is 0 Å². The molecule has 0 unspecified atom stereocenters. The van der Waals surface area contributed by atoms with Crippen molar-refractivity contribution in [2.75, 3.05) is 23.5 Å². The van der Waals surface area contributed by atoms with Gasteiger partial charge in [-0.05, 0) is 18.2 Å². The Morgan fingerprint density at radius 1 is 0.955 bits per heavy atom. The topological polar surface area (TPSA) is 92.8 Å². The lowest BCUT2D eigenvalue weighted by Crippen LogP contribution is -2.24. The Bertz CT molecular complexity index is 777. The van der Waals surface area contributed by atoms with Crippen LogP contribution >= 0.6 is 0 Å². The molecule has 112 valence electrons. The van der Waals surface area contributed by atoms with Gasteiger partial charge >= 0.3 is 0 Å². The fourth-order valence-electron chi connectivity index (χ4n) is 2.59. The van der Waals surface area contributed by atoms with E-state index in [2.05, 4.69) is 0 Å². The average molecular weight is 300 g/mol. The molecule has 0 saturated carbocycles. The third kappa shape index (κ3) is 2.10. The molecule has 0 radical (unpaired) electrons. The van der Waals surface area contributed by atoms with Crippen LogP contribution < -0.4 is 9.80 Å². The number of hydrogen-bond acceptors (Lipinski definition) is 6. The first-order chi connectivity index (χ1) is 10.5. The third-order valence-corrected chi connectivity index (χ3v) is 3.59. The highest BCUT2D eigenvalue weighted by Crippen LogP contribution is 2.43. The normalized spacial score (nSPS) is 13.1. The minimum atomic E-state index is -0.638. The lowest BCUT2D eigenvalue weighted by atomic mass is 10.2. The Balaban J connectivity index is 2.13. The van der Waals surface area contributed by atoms with Crippen molar-refractivity contribution in [2.24, 2.45) is 0 Å². The maximum atomic E-state index is 11.3. The van der Waals surface area contributed by atoms with E-state index in [1.54, 1.807) is 4.90 Å². The molecule has 8 heteroatoms. The number of fused-ring (bicyclic) bond motifs is 1. The van der Waals surface area contributed by atoms with E-state index >= 15 is 0 Å². The van der Waals surface area contributed by atoms with Gasteiger partial charge in [0.05, 0.1) is 34.0 Å². The molecule has 2 aromatic rings. The predicted octanol–water partition coefficient (Wildman–Crippen LogP) is 3.05. The number of anilines is 3. The first kappa shape index (κ1) is 13.8. The van der Waals surface area contributed by atoms with Crippen LogP contribution in [0.1, 0.15) is 0 Å². The monoisotopic (exact) mass is 300 g/mol. The molecule has 0 bridgehead atoms. The first-order valence-corrected chi connectivity index (χ1v) is 6.49. The molecule has 0 saturated heterocycles. The van der Waals surface area contributed by atoms with Crippen LogP contribution in [-0.4, -0.2) is 23.6 Å². The van der Waals surface area contributed by atoms with Crippen LogP contribution in [0.25, 0.3) is 0 Å². The molecule has 0 fully saturated rings. The molecule has 0 amide bonds. The van der Waals surface area contributed by atoms with Crippen LogP contribution in [0.5, 0.6) is 0 Å². The molecule has 0 atom stereocenters. The van der Waals surface area contributed by atoms with Gasteiger partial charge in [0.25, 0.3) is 11.4 Å². The van der Waals surface area contributed by atoms with Crippen LogP contribution in [0.2, 0.25) is 0 Å². The number of para-hydroxylation sites is 2. The van der Waals surface area contributed by atoms with Crippen molar-refractivity contribution in [3.05, 3.63) is 62.7 Å². The third-order valence-electron chi connectivity index (χ3n) is 3.59. The molecule has 0 spiro atoms. The highest BCUT2D eigenvalue weighted by atomic mass is 16.6. The molecule has 0 N–H and O–H groups in total. The Morgan fingerprint density at radius 2 is 1.64 bits per heavy atom. The molecular formula is C14H12N4O4. The average Bonchev–Trinajstić information content (AvgIpc) is 2.84. The SMILES string of the molecule is CN1CN(c2ccc([N+](=O)[O-])cc2[N+](=O)[O-])c2ccccc21. The minimum Gasteiger partial charge on any atom is -0.355 e. The molecular weight excluding hydrogens is 288 g/mol. The molecule has 3 rings (SSSR count). The van der Waals surface area contributed by atoms with Gasteiger partial charge in [0.1, 0.15) is 5.69 Å². The number of nitro groups is 2. The summed E-state index contributed by atoms with van der Waals surface area (Å²) in [5.74, 6) is 0. The summed E-state index contributed by atoms with van der Waals surface area (Å²) in [6.45, 7) is 0.442. The molecule has 22 heavy (non-hydrogen) atoms. The van der Waals surface area contributed by atoms with Gasteiger partial charge in [0, 0.05) is 13.1 Å². The summed E-state index contributed by atoms with van der Waals surface area (Å²) in [6, 6.07) is 11.2. The van der Waals surface area contributed by atoms with E-state index in [0.717, 1.165) is 17.4 Å². The highest BCUT2D eigenvalue weighted by Gasteiger charge is 2.30. The van der Waals surface area contributed by atoms with Gasteiger partial charge in [-0.3, -0.25) is 20.2 Å². The number of nitro benzene ring substituents is 2. The Kier molecular flexibility index (Phi) is 3.13. The van der Waals surface area contributed by atoms with E-state index in [9.17, 15) is 20.2 Å². The van der Waals surface area contributed by atoms with Crippen molar-refractivity contribution in [3.63, 3.8) is 0 Å². The van der Waals surface area contributed by atoms with E-state index in [1.807, 2.05) is 36.2 Å². The molecule has 0 aromatic heterocycles. The summed E-state index contributed by atoms with van der Waals surface area (Å²) < 4.78 is 0. The molecule has 0 aliphatic carbocycles. The molecule has 1 aliphatic heterocycles. The number of non-ortho nitro benzene ring substituents is 1. The van der Waals surface area contributed by atoms with Gasteiger partial charge in [-0.1, -0.05) is 12.1 Å². The summed E-state index contributed by atoms with van der Waals surface area (Å²) in [7, 11) is 1.88. The number of rotatable bonds is 3. The van der Waals surface area contributed by atoms with E-state index in [4.69, 9.17) is 0 Å². The second-order valence-corrected chi connectivity index (χ2v) is 4.94. The Morgan fingerprint density at radius 3 is 2.27 bits per heavy atom. The molecule has 1 aliphatic rings. The summed E-state index contributed by atoms with van der Waals surface area (Å²) in [5.41, 5.74) is 1.56. The van der Waals surface area contributed by atoms with Crippen LogP contribution in [0, 0.1) is 20.2 Å². The zero-order valence-electron chi connectivity index (χ0n) is 11.7. The van der Waals surface area contributed by atoms with E-state index in [-0.39, 0.29) is 11.4 Å². The molecule has 8 nitrogen and oxygen atoms in total. The van der Waals surface area contributed by atoms with Crippen LogP contribution in [-0.2, 0) is 0 Å². The standard InChI is InChI=1S/C14H12N4O4/c1-15-9-16(12-5-3-2-4-11(12)15)13-7-6-10(17(19)20)8-14(13)18(21)22/h2-8H,9H2,1H3. The van der Waals surface area contributed by atoms with E-state index < -0.39 is 9.85 Å².